The van der Waals surface area contributed by atoms with Crippen LogP contribution in [-0.4, -0.2) is 11.3 Å². The molecule has 3 rings (SSSR count). The van der Waals surface area contributed by atoms with Crippen LogP contribution in [0.1, 0.15) is 15.9 Å². The van der Waals surface area contributed by atoms with E-state index >= 15 is 0 Å². The molecule has 3 aromatic rings. The molecule has 0 aliphatic rings. The Morgan fingerprint density at radius 2 is 1.87 bits per heavy atom. The largest absolute Gasteiger partial charge is 0.489 e. The molecule has 1 heterocycles. The van der Waals surface area contributed by atoms with Crippen molar-refractivity contribution in [2.24, 2.45) is 0 Å². The maximum Gasteiger partial charge on any atom is 0.153 e. The molecule has 2 aromatic carbocycles. The Morgan fingerprint density at radius 3 is 2.65 bits per heavy atom. The minimum atomic E-state index is -0.625. The van der Waals surface area contributed by atoms with Crippen molar-refractivity contribution in [3.05, 3.63) is 83.8 Å². The van der Waals surface area contributed by atoms with Crippen molar-refractivity contribution in [2.75, 3.05) is 0 Å². The van der Waals surface area contributed by atoms with Gasteiger partial charge in [0.2, 0.25) is 0 Å². The van der Waals surface area contributed by atoms with Crippen LogP contribution in [0.3, 0.4) is 0 Å². The Balaban J connectivity index is 1.81. The van der Waals surface area contributed by atoms with Crippen molar-refractivity contribution in [1.29, 1.82) is 0 Å². The molecule has 0 N–H and O–H groups in total. The van der Waals surface area contributed by atoms with E-state index in [1.807, 2.05) is 54.6 Å². The smallest absolute Gasteiger partial charge is 0.153 e. The summed E-state index contributed by atoms with van der Waals surface area (Å²) >= 11 is 0. The van der Waals surface area contributed by atoms with Gasteiger partial charge in [0.1, 0.15) is 12.4 Å². The fraction of sp³-hybridized carbons (Fsp3) is 0.0526. The van der Waals surface area contributed by atoms with Gasteiger partial charge in [0.05, 0.1) is 17.5 Å². The van der Waals surface area contributed by atoms with E-state index in [1.165, 1.54) is 6.07 Å². The molecule has 0 unspecified atom stereocenters. The summed E-state index contributed by atoms with van der Waals surface area (Å²) in [7, 11) is 0. The van der Waals surface area contributed by atoms with Crippen LogP contribution in [0.5, 0.6) is 5.75 Å². The molecule has 0 saturated carbocycles. The summed E-state index contributed by atoms with van der Waals surface area (Å²) in [5, 5.41) is 0. The summed E-state index contributed by atoms with van der Waals surface area (Å²) in [6.45, 7) is 0.459. The molecule has 0 fully saturated rings. The molecular weight excluding hydrogens is 293 g/mol. The molecule has 0 radical (unpaired) electrons. The van der Waals surface area contributed by atoms with Gasteiger partial charge in [0.25, 0.3) is 0 Å². The number of carbonyl (C=O) groups is 1. The Bertz CT molecular complexity index is 819. The molecule has 0 amide bonds. The minimum absolute atomic E-state index is 0.00870. The van der Waals surface area contributed by atoms with Gasteiger partial charge < -0.3 is 4.74 Å². The third-order valence-corrected chi connectivity index (χ3v) is 3.39. The quantitative estimate of drug-likeness (QED) is 0.660. The number of rotatable bonds is 5. The first-order chi connectivity index (χ1) is 11.3. The van der Waals surface area contributed by atoms with E-state index in [9.17, 15) is 9.18 Å². The first kappa shape index (κ1) is 14.9. The van der Waals surface area contributed by atoms with Crippen molar-refractivity contribution in [1.82, 2.24) is 4.98 Å². The summed E-state index contributed by atoms with van der Waals surface area (Å²) < 4.78 is 19.1. The van der Waals surface area contributed by atoms with Gasteiger partial charge in [-0.1, -0.05) is 42.5 Å². The Kier molecular flexibility index (Phi) is 4.43. The normalized spacial score (nSPS) is 10.3. The summed E-state index contributed by atoms with van der Waals surface area (Å²) in [6.07, 6.45) is 1.53. The molecule has 0 aliphatic carbocycles. The number of ether oxygens (including phenoxy) is 1. The van der Waals surface area contributed by atoms with Crippen LogP contribution >= 0.6 is 0 Å². The highest BCUT2D eigenvalue weighted by Crippen LogP contribution is 2.24. The fourth-order valence-electron chi connectivity index (χ4n) is 2.19. The van der Waals surface area contributed by atoms with E-state index in [1.54, 1.807) is 0 Å². The first-order valence-corrected chi connectivity index (χ1v) is 7.14. The predicted molar refractivity (Wildman–Crippen MR) is 85.8 cm³/mol. The zero-order valence-corrected chi connectivity index (χ0v) is 12.3. The predicted octanol–water partition coefficient (Wildman–Crippen LogP) is 4.28. The van der Waals surface area contributed by atoms with Crippen molar-refractivity contribution >= 4 is 6.29 Å². The molecule has 23 heavy (non-hydrogen) atoms. The van der Waals surface area contributed by atoms with Crippen LogP contribution in [0.25, 0.3) is 11.3 Å². The van der Waals surface area contributed by atoms with Gasteiger partial charge in [-0.2, -0.15) is 0 Å². The number of aromatic nitrogens is 1. The summed E-state index contributed by atoms with van der Waals surface area (Å²) in [5.41, 5.74) is 2.35. The van der Waals surface area contributed by atoms with E-state index in [0.29, 0.717) is 24.3 Å². The number of hydrogen-bond donors (Lipinski definition) is 0. The Hall–Kier alpha value is -3.01. The third-order valence-electron chi connectivity index (χ3n) is 3.39. The minimum Gasteiger partial charge on any atom is -0.489 e. The molecular formula is C19H14FNO2. The lowest BCUT2D eigenvalue weighted by atomic mass is 10.1. The van der Waals surface area contributed by atoms with Crippen molar-refractivity contribution < 1.29 is 13.9 Å². The van der Waals surface area contributed by atoms with E-state index in [0.717, 1.165) is 17.3 Å². The molecule has 1 aromatic heterocycles. The van der Waals surface area contributed by atoms with E-state index in [-0.39, 0.29) is 5.56 Å². The van der Waals surface area contributed by atoms with Crippen LogP contribution in [0.15, 0.2) is 66.9 Å². The van der Waals surface area contributed by atoms with Crippen LogP contribution in [-0.2, 0) is 6.61 Å². The number of halogens is 1. The second kappa shape index (κ2) is 6.83. The number of nitrogens with zero attached hydrogens (tertiary/aromatic N) is 1. The maximum absolute atomic E-state index is 13.4. The lowest BCUT2D eigenvalue weighted by Gasteiger charge is -2.08. The average Bonchev–Trinajstić information content (AvgIpc) is 2.61. The number of pyridine rings is 1. The van der Waals surface area contributed by atoms with E-state index < -0.39 is 5.82 Å². The lowest BCUT2D eigenvalue weighted by molar-refractivity contribution is 0.111. The van der Waals surface area contributed by atoms with Crippen LogP contribution in [0, 0.1) is 5.82 Å². The zero-order valence-electron chi connectivity index (χ0n) is 12.3. The molecule has 3 nitrogen and oxygen atoms in total. The summed E-state index contributed by atoms with van der Waals surface area (Å²) in [5.74, 6) is 0.0605. The van der Waals surface area contributed by atoms with Gasteiger partial charge in [-0.05, 0) is 23.8 Å². The van der Waals surface area contributed by atoms with E-state index in [4.69, 9.17) is 4.74 Å². The van der Waals surface area contributed by atoms with Gasteiger partial charge >= 0.3 is 0 Å². The maximum atomic E-state index is 13.4. The second-order valence-electron chi connectivity index (χ2n) is 5.01. The molecule has 0 bridgehead atoms. The monoisotopic (exact) mass is 307 g/mol. The number of benzene rings is 2. The van der Waals surface area contributed by atoms with E-state index in [2.05, 4.69) is 4.98 Å². The standard InChI is InChI=1S/C19H14FNO2/c20-18-11-21-19(10-16(18)12-22)15-7-4-8-17(9-15)23-13-14-5-2-1-3-6-14/h1-12H,13H2. The van der Waals surface area contributed by atoms with Gasteiger partial charge in [0.15, 0.2) is 12.1 Å². The van der Waals surface area contributed by atoms with Crippen molar-refractivity contribution in [2.45, 2.75) is 6.61 Å². The molecule has 0 aliphatic heterocycles. The average molecular weight is 307 g/mol. The molecule has 114 valence electrons. The molecule has 4 heteroatoms. The molecule has 0 atom stereocenters. The fourth-order valence-corrected chi connectivity index (χ4v) is 2.19. The topological polar surface area (TPSA) is 39.2 Å². The zero-order chi connectivity index (χ0) is 16.1. The Labute approximate surface area is 133 Å². The second-order valence-corrected chi connectivity index (χ2v) is 5.01. The molecule has 0 saturated heterocycles. The van der Waals surface area contributed by atoms with Gasteiger partial charge in [-0.3, -0.25) is 9.78 Å². The van der Waals surface area contributed by atoms with Gasteiger partial charge in [-0.25, -0.2) is 4.39 Å². The number of hydrogen-bond acceptors (Lipinski definition) is 3. The van der Waals surface area contributed by atoms with Gasteiger partial charge in [0, 0.05) is 5.56 Å². The summed E-state index contributed by atoms with van der Waals surface area (Å²) in [4.78, 5) is 14.9. The SMILES string of the molecule is O=Cc1cc(-c2cccc(OCc3ccccc3)c2)ncc1F. The number of aldehydes is 1. The highest BCUT2D eigenvalue weighted by atomic mass is 19.1. The summed E-state index contributed by atoms with van der Waals surface area (Å²) in [6, 6.07) is 18.6. The van der Waals surface area contributed by atoms with Crippen LogP contribution in [0.4, 0.5) is 4.39 Å². The van der Waals surface area contributed by atoms with Crippen molar-refractivity contribution in [3.63, 3.8) is 0 Å². The van der Waals surface area contributed by atoms with Crippen LogP contribution in [0.2, 0.25) is 0 Å². The van der Waals surface area contributed by atoms with Crippen molar-refractivity contribution in [3.8, 4) is 17.0 Å². The number of carbonyl (C=O) groups excluding carboxylic acids is 1. The lowest BCUT2D eigenvalue weighted by Crippen LogP contribution is -1.96. The van der Waals surface area contributed by atoms with Crippen LogP contribution < -0.4 is 4.74 Å². The third kappa shape index (κ3) is 3.61. The Morgan fingerprint density at radius 1 is 1.04 bits per heavy atom. The highest BCUT2D eigenvalue weighted by Gasteiger charge is 2.07. The highest BCUT2D eigenvalue weighted by molar-refractivity contribution is 5.78. The van der Waals surface area contributed by atoms with Gasteiger partial charge in [-0.15, -0.1) is 0 Å². The molecule has 0 spiro atoms. The first-order valence-electron chi connectivity index (χ1n) is 7.14.